The zero-order chi connectivity index (χ0) is 11.4. The smallest absolute Gasteiger partial charge is 0.211 e. The number of hydrogen-bond donors (Lipinski definition) is 4. The topological polar surface area (TPSA) is 117 Å². The number of nitrogens with zero attached hydrogens (tertiary/aromatic N) is 2. The molecule has 0 saturated carbocycles. The van der Waals surface area contributed by atoms with Crippen LogP contribution in [-0.4, -0.2) is 22.4 Å². The molecule has 80 valence electrons. The second-order valence-electron chi connectivity index (χ2n) is 2.60. The maximum absolute atomic E-state index is 9.44. The zero-order valence-corrected chi connectivity index (χ0v) is 9.14. The standard InChI is InChI=1S/C8H9BrN4O2/c9-7-4(3-12-13-8(10)11)5(14)1-2-6(7)15/h1-3,14-15H,(H4,10,11,13). The van der Waals surface area contributed by atoms with E-state index in [-0.39, 0.29) is 17.5 Å². The molecule has 0 bridgehead atoms. The quantitative estimate of drug-likeness (QED) is 0.271. The number of nitrogens with two attached hydrogens (primary N) is 2. The number of aromatic hydroxyl groups is 2. The van der Waals surface area contributed by atoms with Crippen molar-refractivity contribution in [2.24, 2.45) is 21.7 Å². The van der Waals surface area contributed by atoms with Crippen LogP contribution in [-0.2, 0) is 0 Å². The number of rotatable bonds is 2. The molecule has 0 radical (unpaired) electrons. The predicted octanol–water partition coefficient (Wildman–Crippen LogP) is 0.468. The Labute approximate surface area is 94.1 Å². The van der Waals surface area contributed by atoms with Crippen molar-refractivity contribution >= 4 is 28.1 Å². The highest BCUT2D eigenvalue weighted by atomic mass is 79.9. The highest BCUT2D eigenvalue weighted by Crippen LogP contribution is 2.32. The second kappa shape index (κ2) is 4.65. The van der Waals surface area contributed by atoms with Crippen molar-refractivity contribution in [3.8, 4) is 11.5 Å². The molecule has 0 amide bonds. The molecule has 0 aliphatic carbocycles. The van der Waals surface area contributed by atoms with E-state index in [4.69, 9.17) is 11.5 Å². The van der Waals surface area contributed by atoms with Crippen LogP contribution in [0.3, 0.4) is 0 Å². The Bertz CT molecular complexity index is 427. The largest absolute Gasteiger partial charge is 0.507 e. The Balaban J connectivity index is 3.09. The number of benzene rings is 1. The third-order valence-electron chi connectivity index (χ3n) is 1.50. The summed E-state index contributed by atoms with van der Waals surface area (Å²) >= 11 is 3.09. The molecule has 6 N–H and O–H groups in total. The van der Waals surface area contributed by atoms with E-state index >= 15 is 0 Å². The van der Waals surface area contributed by atoms with Crippen LogP contribution in [0.5, 0.6) is 11.5 Å². The van der Waals surface area contributed by atoms with E-state index in [1.807, 2.05) is 0 Å². The SMILES string of the molecule is NC(N)=NN=Cc1c(O)ccc(O)c1Br. The third kappa shape index (κ3) is 2.84. The van der Waals surface area contributed by atoms with Gasteiger partial charge in [0.25, 0.3) is 0 Å². The van der Waals surface area contributed by atoms with E-state index in [0.29, 0.717) is 10.0 Å². The van der Waals surface area contributed by atoms with Crippen LogP contribution in [0.1, 0.15) is 5.56 Å². The van der Waals surface area contributed by atoms with Gasteiger partial charge in [-0.3, -0.25) is 0 Å². The van der Waals surface area contributed by atoms with Gasteiger partial charge in [0.05, 0.1) is 16.3 Å². The minimum atomic E-state index is -0.193. The average Bonchev–Trinajstić information content (AvgIpc) is 2.17. The van der Waals surface area contributed by atoms with Crippen molar-refractivity contribution in [2.45, 2.75) is 0 Å². The van der Waals surface area contributed by atoms with E-state index in [1.54, 1.807) is 0 Å². The Kier molecular flexibility index (Phi) is 3.51. The number of phenols is 2. The molecule has 1 aromatic rings. The molecule has 1 rings (SSSR count). The van der Waals surface area contributed by atoms with Gasteiger partial charge in [0.1, 0.15) is 11.5 Å². The van der Waals surface area contributed by atoms with Crippen LogP contribution >= 0.6 is 15.9 Å². The van der Waals surface area contributed by atoms with Crippen molar-refractivity contribution in [3.63, 3.8) is 0 Å². The average molecular weight is 273 g/mol. The molecule has 1 aromatic carbocycles. The molecule has 7 heteroatoms. The van der Waals surface area contributed by atoms with Crippen LogP contribution in [0.4, 0.5) is 0 Å². The Morgan fingerprint density at radius 1 is 1.27 bits per heavy atom. The van der Waals surface area contributed by atoms with Crippen molar-refractivity contribution in [3.05, 3.63) is 22.2 Å². The number of phenolic OH excluding ortho intramolecular Hbond substituents is 2. The molecule has 15 heavy (non-hydrogen) atoms. The monoisotopic (exact) mass is 272 g/mol. The molecule has 0 aromatic heterocycles. The van der Waals surface area contributed by atoms with Gasteiger partial charge in [-0.15, -0.1) is 5.10 Å². The van der Waals surface area contributed by atoms with Gasteiger partial charge >= 0.3 is 0 Å². The first-order valence-corrected chi connectivity index (χ1v) is 4.64. The maximum atomic E-state index is 9.44. The summed E-state index contributed by atoms with van der Waals surface area (Å²) in [5.74, 6) is -0.254. The molecule has 0 aliphatic heterocycles. The molecule has 0 fully saturated rings. The molecule has 0 unspecified atom stereocenters. The Hall–Kier alpha value is -1.76. The lowest BCUT2D eigenvalue weighted by Crippen LogP contribution is -2.21. The number of hydrogen-bond acceptors (Lipinski definition) is 4. The van der Waals surface area contributed by atoms with Crippen molar-refractivity contribution < 1.29 is 10.2 Å². The van der Waals surface area contributed by atoms with Crippen LogP contribution in [0.2, 0.25) is 0 Å². The second-order valence-corrected chi connectivity index (χ2v) is 3.39. The Morgan fingerprint density at radius 2 is 1.87 bits per heavy atom. The van der Waals surface area contributed by atoms with Gasteiger partial charge in [-0.1, -0.05) is 0 Å². The van der Waals surface area contributed by atoms with Crippen LogP contribution in [0.25, 0.3) is 0 Å². The highest BCUT2D eigenvalue weighted by Gasteiger charge is 2.07. The van der Waals surface area contributed by atoms with Crippen LogP contribution in [0, 0.1) is 0 Å². The van der Waals surface area contributed by atoms with Crippen molar-refractivity contribution in [1.82, 2.24) is 0 Å². The van der Waals surface area contributed by atoms with Gasteiger partial charge in [-0.05, 0) is 28.1 Å². The summed E-state index contributed by atoms with van der Waals surface area (Å²) in [6, 6.07) is 2.67. The maximum Gasteiger partial charge on any atom is 0.211 e. The molecular formula is C8H9BrN4O2. The Morgan fingerprint density at radius 3 is 2.47 bits per heavy atom. The molecule has 0 spiro atoms. The summed E-state index contributed by atoms with van der Waals surface area (Å²) in [7, 11) is 0. The number of halogens is 1. The van der Waals surface area contributed by atoms with E-state index in [9.17, 15) is 10.2 Å². The predicted molar refractivity (Wildman–Crippen MR) is 60.9 cm³/mol. The summed E-state index contributed by atoms with van der Waals surface area (Å²) in [4.78, 5) is 0. The lowest BCUT2D eigenvalue weighted by atomic mass is 10.2. The summed E-state index contributed by atoms with van der Waals surface area (Å²) in [6.07, 6.45) is 1.22. The van der Waals surface area contributed by atoms with Gasteiger partial charge in [0.2, 0.25) is 5.96 Å². The minimum absolute atomic E-state index is 0.0149. The molecular weight excluding hydrogens is 264 g/mol. The first kappa shape index (κ1) is 11.3. The summed E-state index contributed by atoms with van der Waals surface area (Å²) in [5.41, 5.74) is 10.4. The third-order valence-corrected chi connectivity index (χ3v) is 2.33. The van der Waals surface area contributed by atoms with E-state index in [1.165, 1.54) is 18.3 Å². The minimum Gasteiger partial charge on any atom is -0.507 e. The van der Waals surface area contributed by atoms with Crippen molar-refractivity contribution in [2.75, 3.05) is 0 Å². The van der Waals surface area contributed by atoms with Gasteiger partial charge in [0.15, 0.2) is 0 Å². The first-order chi connectivity index (χ1) is 7.02. The highest BCUT2D eigenvalue weighted by molar-refractivity contribution is 9.10. The van der Waals surface area contributed by atoms with E-state index in [2.05, 4.69) is 26.1 Å². The number of guanidine groups is 1. The van der Waals surface area contributed by atoms with Gasteiger partial charge in [-0.25, -0.2) is 0 Å². The summed E-state index contributed by atoms with van der Waals surface area (Å²) < 4.78 is 0.317. The fourth-order valence-corrected chi connectivity index (χ4v) is 1.28. The van der Waals surface area contributed by atoms with E-state index < -0.39 is 0 Å². The normalized spacial score (nSPS) is 10.5. The molecule has 0 atom stereocenters. The van der Waals surface area contributed by atoms with Crippen LogP contribution in [0.15, 0.2) is 26.8 Å². The van der Waals surface area contributed by atoms with Crippen molar-refractivity contribution in [1.29, 1.82) is 0 Å². The zero-order valence-electron chi connectivity index (χ0n) is 7.55. The summed E-state index contributed by atoms with van der Waals surface area (Å²) in [5, 5.41) is 25.6. The van der Waals surface area contributed by atoms with Gasteiger partial charge < -0.3 is 21.7 Å². The fraction of sp³-hybridized carbons (Fsp3) is 0. The van der Waals surface area contributed by atoms with Gasteiger partial charge in [-0.2, -0.15) is 5.10 Å². The first-order valence-electron chi connectivity index (χ1n) is 3.84. The molecule has 0 heterocycles. The lowest BCUT2D eigenvalue weighted by molar-refractivity contribution is 0.456. The fourth-order valence-electron chi connectivity index (χ4n) is 0.847. The molecule has 6 nitrogen and oxygen atoms in total. The summed E-state index contributed by atoms with van der Waals surface area (Å²) in [6.45, 7) is 0. The van der Waals surface area contributed by atoms with E-state index in [0.717, 1.165) is 0 Å². The van der Waals surface area contributed by atoms with Gasteiger partial charge in [0, 0.05) is 0 Å². The molecule has 0 aliphatic rings. The molecule has 0 saturated heterocycles. The van der Waals surface area contributed by atoms with Crippen LogP contribution < -0.4 is 11.5 Å². The lowest BCUT2D eigenvalue weighted by Gasteiger charge is -2.02.